The molecule has 0 unspecified atom stereocenters. The van der Waals surface area contributed by atoms with Gasteiger partial charge in [-0.1, -0.05) is 23.9 Å². The normalized spacial score (nSPS) is 11.3. The largest absolute Gasteiger partial charge is 0.465 e. The molecule has 0 N–H and O–H groups in total. The predicted molar refractivity (Wildman–Crippen MR) is 92.1 cm³/mol. The third-order valence-corrected chi connectivity index (χ3v) is 4.73. The Balaban J connectivity index is 2.17. The smallest absolute Gasteiger partial charge is 0.316 e. The molecule has 2 aromatic heterocycles. The van der Waals surface area contributed by atoms with E-state index in [0.717, 1.165) is 27.4 Å². The molecule has 0 amide bonds. The lowest BCUT2D eigenvalue weighted by Crippen LogP contribution is -2.07. The van der Waals surface area contributed by atoms with Gasteiger partial charge >= 0.3 is 5.97 Å². The standard InChI is InChI=1S/C17H19N3O2S/c1-5-22-14(21)9-23-17-19-18-16-12(4)8-13-10(2)6-7-11(3)15(13)20(16)17/h6-8H,5,9H2,1-4H3. The molecule has 0 aliphatic rings. The molecule has 2 heterocycles. The van der Waals surface area contributed by atoms with Crippen LogP contribution < -0.4 is 0 Å². The zero-order valence-corrected chi connectivity index (χ0v) is 14.5. The topological polar surface area (TPSA) is 56.5 Å². The monoisotopic (exact) mass is 329 g/mol. The maximum atomic E-state index is 11.6. The molecular formula is C17H19N3O2S. The van der Waals surface area contributed by atoms with E-state index >= 15 is 0 Å². The van der Waals surface area contributed by atoms with Gasteiger partial charge in [-0.25, -0.2) is 0 Å². The Bertz CT molecular complexity index is 902. The Morgan fingerprint density at radius 2 is 1.91 bits per heavy atom. The summed E-state index contributed by atoms with van der Waals surface area (Å²) < 4.78 is 7.04. The molecule has 0 aliphatic heterocycles. The van der Waals surface area contributed by atoms with Crippen LogP contribution in [-0.2, 0) is 9.53 Å². The lowest BCUT2D eigenvalue weighted by atomic mass is 10.0. The van der Waals surface area contributed by atoms with Crippen molar-refractivity contribution in [3.05, 3.63) is 34.9 Å². The van der Waals surface area contributed by atoms with Gasteiger partial charge in [-0.05, 0) is 50.5 Å². The minimum atomic E-state index is -0.237. The van der Waals surface area contributed by atoms with Crippen LogP contribution in [-0.4, -0.2) is 32.9 Å². The van der Waals surface area contributed by atoms with Crippen LogP contribution in [0.4, 0.5) is 0 Å². The Labute approximate surface area is 139 Å². The van der Waals surface area contributed by atoms with Crippen LogP contribution >= 0.6 is 11.8 Å². The van der Waals surface area contributed by atoms with Gasteiger partial charge in [0.1, 0.15) is 0 Å². The number of hydrogen-bond acceptors (Lipinski definition) is 5. The van der Waals surface area contributed by atoms with E-state index in [9.17, 15) is 4.79 Å². The number of nitrogens with zero attached hydrogens (tertiary/aromatic N) is 3. The number of pyridine rings is 1. The molecule has 0 radical (unpaired) electrons. The van der Waals surface area contributed by atoms with Crippen molar-refractivity contribution in [3.8, 4) is 0 Å². The average Bonchev–Trinajstić information content (AvgIpc) is 2.94. The maximum absolute atomic E-state index is 11.6. The fourth-order valence-electron chi connectivity index (χ4n) is 2.72. The lowest BCUT2D eigenvalue weighted by molar-refractivity contribution is -0.139. The molecule has 1 aromatic carbocycles. The van der Waals surface area contributed by atoms with E-state index in [1.54, 1.807) is 6.92 Å². The molecule has 3 rings (SSSR count). The third-order valence-electron chi connectivity index (χ3n) is 3.83. The summed E-state index contributed by atoms with van der Waals surface area (Å²) in [6, 6.07) is 6.38. The first-order valence-corrected chi connectivity index (χ1v) is 8.54. The van der Waals surface area contributed by atoms with E-state index in [2.05, 4.69) is 46.6 Å². The SMILES string of the molecule is CCOC(=O)CSc1nnc2c(C)cc3c(C)ccc(C)c3n12. The molecular weight excluding hydrogens is 310 g/mol. The minimum Gasteiger partial charge on any atom is -0.465 e. The van der Waals surface area contributed by atoms with Crippen LogP contribution in [0, 0.1) is 20.8 Å². The highest BCUT2D eigenvalue weighted by Gasteiger charge is 2.16. The summed E-state index contributed by atoms with van der Waals surface area (Å²) in [4.78, 5) is 11.6. The van der Waals surface area contributed by atoms with E-state index in [0.29, 0.717) is 6.61 Å². The Morgan fingerprint density at radius 3 is 2.65 bits per heavy atom. The van der Waals surface area contributed by atoms with Gasteiger partial charge in [-0.2, -0.15) is 0 Å². The highest BCUT2D eigenvalue weighted by atomic mass is 32.2. The minimum absolute atomic E-state index is 0.231. The number of aromatic nitrogens is 3. The number of aryl methyl sites for hydroxylation is 3. The number of fused-ring (bicyclic) bond motifs is 3. The van der Waals surface area contributed by atoms with Crippen LogP contribution in [0.3, 0.4) is 0 Å². The van der Waals surface area contributed by atoms with Gasteiger partial charge in [0.25, 0.3) is 0 Å². The molecule has 5 nitrogen and oxygen atoms in total. The Kier molecular flexibility index (Phi) is 4.26. The van der Waals surface area contributed by atoms with Crippen molar-refractivity contribution in [3.63, 3.8) is 0 Å². The second-order valence-corrected chi connectivity index (χ2v) is 6.47. The molecule has 3 aromatic rings. The van der Waals surface area contributed by atoms with Crippen molar-refractivity contribution < 1.29 is 9.53 Å². The quantitative estimate of drug-likeness (QED) is 0.542. The van der Waals surface area contributed by atoms with E-state index < -0.39 is 0 Å². The zero-order chi connectivity index (χ0) is 16.6. The molecule has 0 atom stereocenters. The van der Waals surface area contributed by atoms with Gasteiger partial charge in [0, 0.05) is 5.39 Å². The number of hydrogen-bond donors (Lipinski definition) is 0. The molecule has 0 bridgehead atoms. The molecule has 0 fully saturated rings. The van der Waals surface area contributed by atoms with Crippen molar-refractivity contribution >= 4 is 34.3 Å². The summed E-state index contributed by atoms with van der Waals surface area (Å²) in [5.41, 5.74) is 5.38. The number of rotatable bonds is 4. The van der Waals surface area contributed by atoms with Crippen molar-refractivity contribution in [1.82, 2.24) is 14.6 Å². The second-order valence-electron chi connectivity index (χ2n) is 5.52. The number of thioether (sulfide) groups is 1. The Morgan fingerprint density at radius 1 is 1.17 bits per heavy atom. The van der Waals surface area contributed by atoms with Crippen LogP contribution in [0.15, 0.2) is 23.4 Å². The fourth-order valence-corrected chi connectivity index (χ4v) is 3.46. The maximum Gasteiger partial charge on any atom is 0.316 e. The average molecular weight is 329 g/mol. The second kappa shape index (κ2) is 6.20. The lowest BCUT2D eigenvalue weighted by Gasteiger charge is -2.11. The van der Waals surface area contributed by atoms with E-state index in [-0.39, 0.29) is 11.7 Å². The van der Waals surface area contributed by atoms with Gasteiger partial charge in [0.05, 0.1) is 17.9 Å². The highest BCUT2D eigenvalue weighted by molar-refractivity contribution is 7.99. The number of ether oxygens (including phenoxy) is 1. The summed E-state index contributed by atoms with van der Waals surface area (Å²) >= 11 is 1.36. The van der Waals surface area contributed by atoms with Crippen LogP contribution in [0.1, 0.15) is 23.6 Å². The summed E-state index contributed by atoms with van der Waals surface area (Å²) in [5, 5.41) is 10.5. The van der Waals surface area contributed by atoms with Gasteiger partial charge in [0.15, 0.2) is 10.8 Å². The number of carbonyl (C=O) groups excluding carboxylic acids is 1. The first-order chi connectivity index (χ1) is 11.0. The van der Waals surface area contributed by atoms with Crippen LogP contribution in [0.5, 0.6) is 0 Å². The van der Waals surface area contributed by atoms with Gasteiger partial charge < -0.3 is 4.74 Å². The molecule has 0 spiro atoms. The van der Waals surface area contributed by atoms with Gasteiger partial charge in [-0.15, -0.1) is 10.2 Å². The molecule has 0 saturated heterocycles. The first kappa shape index (κ1) is 15.8. The van der Waals surface area contributed by atoms with E-state index in [4.69, 9.17) is 4.74 Å². The number of esters is 1. The third kappa shape index (κ3) is 2.79. The predicted octanol–water partition coefficient (Wildman–Crippen LogP) is 3.46. The summed E-state index contributed by atoms with van der Waals surface area (Å²) in [5.74, 6) is -0.00585. The summed E-state index contributed by atoms with van der Waals surface area (Å²) in [7, 11) is 0. The Hall–Kier alpha value is -2.08. The summed E-state index contributed by atoms with van der Waals surface area (Å²) in [6.45, 7) is 8.41. The van der Waals surface area contributed by atoms with Gasteiger partial charge in [-0.3, -0.25) is 9.20 Å². The molecule has 0 aliphatic carbocycles. The first-order valence-electron chi connectivity index (χ1n) is 7.56. The fraction of sp³-hybridized carbons (Fsp3) is 0.353. The van der Waals surface area contributed by atoms with Crippen molar-refractivity contribution in [2.24, 2.45) is 0 Å². The highest BCUT2D eigenvalue weighted by Crippen LogP contribution is 2.29. The van der Waals surface area contributed by atoms with E-state index in [1.807, 2.05) is 6.92 Å². The molecule has 0 saturated carbocycles. The molecule has 23 heavy (non-hydrogen) atoms. The molecule has 120 valence electrons. The van der Waals surface area contributed by atoms with Crippen LogP contribution in [0.2, 0.25) is 0 Å². The zero-order valence-electron chi connectivity index (χ0n) is 13.7. The summed E-state index contributed by atoms with van der Waals surface area (Å²) in [6.07, 6.45) is 0. The van der Waals surface area contributed by atoms with Crippen molar-refractivity contribution in [2.45, 2.75) is 32.9 Å². The number of carbonyl (C=O) groups is 1. The van der Waals surface area contributed by atoms with Crippen molar-refractivity contribution in [1.29, 1.82) is 0 Å². The van der Waals surface area contributed by atoms with Crippen molar-refractivity contribution in [2.75, 3.05) is 12.4 Å². The van der Waals surface area contributed by atoms with E-state index in [1.165, 1.54) is 22.7 Å². The number of benzene rings is 1. The van der Waals surface area contributed by atoms with Crippen LogP contribution in [0.25, 0.3) is 16.6 Å². The van der Waals surface area contributed by atoms with Gasteiger partial charge in [0.2, 0.25) is 0 Å². The molecule has 6 heteroatoms.